The molecule has 2 rings (SSSR count). The minimum atomic E-state index is -0.490. The van der Waals surface area contributed by atoms with Crippen LogP contribution in [0, 0.1) is 0 Å². The monoisotopic (exact) mass is 462 g/mol. The third-order valence-electron chi connectivity index (χ3n) is 3.59. The molecule has 1 aromatic rings. The van der Waals surface area contributed by atoms with Gasteiger partial charge >= 0.3 is 6.09 Å². The Morgan fingerprint density at radius 3 is 2.40 bits per heavy atom. The number of piperazine rings is 1. The summed E-state index contributed by atoms with van der Waals surface area (Å²) in [6.07, 6.45) is -0.294. The van der Waals surface area contributed by atoms with E-state index in [-0.39, 0.29) is 35.8 Å². The zero-order valence-electron chi connectivity index (χ0n) is 14.9. The lowest BCUT2D eigenvalue weighted by Gasteiger charge is -2.36. The first kappa shape index (κ1) is 21.3. The first-order valence-corrected chi connectivity index (χ1v) is 8.05. The minimum absolute atomic E-state index is 0. The van der Waals surface area contributed by atoms with E-state index < -0.39 is 5.60 Å². The zero-order chi connectivity index (χ0) is 17.7. The fourth-order valence-electron chi connectivity index (χ4n) is 2.37. The molecule has 8 heteroatoms. The van der Waals surface area contributed by atoms with Gasteiger partial charge in [-0.2, -0.15) is 0 Å². The number of phenols is 1. The average Bonchev–Trinajstić information content (AvgIpc) is 2.51. The summed E-state index contributed by atoms with van der Waals surface area (Å²) in [7, 11) is 0. The topological polar surface area (TPSA) is 91.4 Å². The molecular weight excluding hydrogens is 435 g/mol. The van der Waals surface area contributed by atoms with Crippen LogP contribution in [0.5, 0.6) is 5.75 Å². The van der Waals surface area contributed by atoms with Crippen molar-refractivity contribution in [2.75, 3.05) is 26.2 Å². The van der Waals surface area contributed by atoms with Crippen molar-refractivity contribution < 1.29 is 14.6 Å². The predicted octanol–water partition coefficient (Wildman–Crippen LogP) is 2.38. The summed E-state index contributed by atoms with van der Waals surface area (Å²) in [5, 5.41) is 9.45. The number of rotatable bonds is 2. The fraction of sp³-hybridized carbons (Fsp3) is 0.529. The molecule has 1 amide bonds. The van der Waals surface area contributed by atoms with Crippen molar-refractivity contribution in [3.05, 3.63) is 29.8 Å². The van der Waals surface area contributed by atoms with Crippen LogP contribution >= 0.6 is 24.0 Å². The number of guanidine groups is 1. The molecule has 0 atom stereocenters. The van der Waals surface area contributed by atoms with Gasteiger partial charge in [-0.3, -0.25) is 0 Å². The SMILES string of the molecule is CC(C)(C)OC(=O)N1CCN(C(N)=NCc2cccc(O)c2)CC1.I. The van der Waals surface area contributed by atoms with Crippen molar-refractivity contribution in [1.29, 1.82) is 0 Å². The minimum Gasteiger partial charge on any atom is -0.508 e. The number of nitrogens with zero attached hydrogens (tertiary/aromatic N) is 3. The van der Waals surface area contributed by atoms with Gasteiger partial charge in [0.05, 0.1) is 6.54 Å². The molecule has 140 valence electrons. The summed E-state index contributed by atoms with van der Waals surface area (Å²) in [5.74, 6) is 0.662. The Morgan fingerprint density at radius 2 is 1.84 bits per heavy atom. The van der Waals surface area contributed by atoms with Crippen LogP contribution in [0.15, 0.2) is 29.3 Å². The van der Waals surface area contributed by atoms with Crippen molar-refractivity contribution in [2.45, 2.75) is 32.9 Å². The highest BCUT2D eigenvalue weighted by Crippen LogP contribution is 2.13. The van der Waals surface area contributed by atoms with E-state index in [4.69, 9.17) is 10.5 Å². The average molecular weight is 462 g/mol. The molecule has 1 heterocycles. The van der Waals surface area contributed by atoms with Crippen molar-refractivity contribution >= 4 is 36.0 Å². The molecule has 0 saturated carbocycles. The maximum Gasteiger partial charge on any atom is 0.410 e. The number of hydrogen-bond donors (Lipinski definition) is 2. The molecule has 1 aromatic carbocycles. The Bertz CT molecular complexity index is 608. The van der Waals surface area contributed by atoms with Crippen LogP contribution in [0.3, 0.4) is 0 Å². The summed E-state index contributed by atoms with van der Waals surface area (Å²) < 4.78 is 5.37. The first-order valence-electron chi connectivity index (χ1n) is 8.05. The highest BCUT2D eigenvalue weighted by Gasteiger charge is 2.26. The van der Waals surface area contributed by atoms with Gasteiger partial charge in [0.25, 0.3) is 0 Å². The van der Waals surface area contributed by atoms with Crippen LogP contribution in [0.2, 0.25) is 0 Å². The van der Waals surface area contributed by atoms with Gasteiger partial charge in [0.1, 0.15) is 11.4 Å². The van der Waals surface area contributed by atoms with Crippen LogP contribution in [0.1, 0.15) is 26.3 Å². The largest absolute Gasteiger partial charge is 0.508 e. The number of amides is 1. The van der Waals surface area contributed by atoms with E-state index in [9.17, 15) is 9.90 Å². The quantitative estimate of drug-likeness (QED) is 0.400. The molecule has 0 bridgehead atoms. The maximum absolute atomic E-state index is 12.0. The van der Waals surface area contributed by atoms with Gasteiger partial charge in [-0.05, 0) is 38.5 Å². The molecule has 7 nitrogen and oxygen atoms in total. The summed E-state index contributed by atoms with van der Waals surface area (Å²) in [5.41, 5.74) is 6.44. The standard InChI is InChI=1S/C17H26N4O3.HI/c1-17(2,3)24-16(23)21-9-7-20(8-10-21)15(18)19-12-13-5-4-6-14(22)11-13;/h4-6,11,22H,7-10,12H2,1-3H3,(H2,18,19);1H. The Hall–Kier alpha value is -1.71. The molecule has 25 heavy (non-hydrogen) atoms. The number of carbonyl (C=O) groups excluding carboxylic acids is 1. The van der Waals surface area contributed by atoms with Crippen molar-refractivity contribution in [3.8, 4) is 5.75 Å². The number of carbonyl (C=O) groups is 1. The highest BCUT2D eigenvalue weighted by atomic mass is 127. The van der Waals surface area contributed by atoms with E-state index in [0.717, 1.165) is 5.56 Å². The predicted molar refractivity (Wildman–Crippen MR) is 108 cm³/mol. The van der Waals surface area contributed by atoms with Crippen molar-refractivity contribution in [1.82, 2.24) is 9.80 Å². The van der Waals surface area contributed by atoms with E-state index in [2.05, 4.69) is 4.99 Å². The highest BCUT2D eigenvalue weighted by molar-refractivity contribution is 14.0. The van der Waals surface area contributed by atoms with Gasteiger partial charge < -0.3 is 25.4 Å². The molecule has 0 unspecified atom stereocenters. The number of phenolic OH excluding ortho intramolecular Hbond substituents is 1. The summed E-state index contributed by atoms with van der Waals surface area (Å²) in [6.45, 7) is 8.32. The third-order valence-corrected chi connectivity index (χ3v) is 3.59. The van der Waals surface area contributed by atoms with E-state index >= 15 is 0 Å². The van der Waals surface area contributed by atoms with Gasteiger partial charge in [-0.15, -0.1) is 24.0 Å². The van der Waals surface area contributed by atoms with Crippen molar-refractivity contribution in [2.24, 2.45) is 10.7 Å². The van der Waals surface area contributed by atoms with Crippen molar-refractivity contribution in [3.63, 3.8) is 0 Å². The number of benzene rings is 1. The molecular formula is C17H27IN4O3. The fourth-order valence-corrected chi connectivity index (χ4v) is 2.37. The Kier molecular flexibility index (Phi) is 7.78. The van der Waals surface area contributed by atoms with E-state index in [0.29, 0.717) is 38.7 Å². The molecule has 1 fully saturated rings. The third kappa shape index (κ3) is 6.97. The summed E-state index contributed by atoms with van der Waals surface area (Å²) >= 11 is 0. The van der Waals surface area contributed by atoms with E-state index in [1.807, 2.05) is 31.7 Å². The number of ether oxygens (including phenoxy) is 1. The smallest absolute Gasteiger partial charge is 0.410 e. The zero-order valence-corrected chi connectivity index (χ0v) is 17.3. The molecule has 0 aromatic heterocycles. The number of aromatic hydroxyl groups is 1. The molecule has 1 aliphatic rings. The molecule has 0 spiro atoms. The molecule has 1 aliphatic heterocycles. The molecule has 3 N–H and O–H groups in total. The Balaban J connectivity index is 0.00000312. The second-order valence-corrected chi connectivity index (χ2v) is 6.80. The molecule has 0 aliphatic carbocycles. The van der Waals surface area contributed by atoms with Crippen LogP contribution in [-0.4, -0.2) is 58.7 Å². The maximum atomic E-state index is 12.0. The number of hydrogen-bond acceptors (Lipinski definition) is 4. The lowest BCUT2D eigenvalue weighted by atomic mass is 10.2. The van der Waals surface area contributed by atoms with Crippen LogP contribution in [-0.2, 0) is 11.3 Å². The van der Waals surface area contributed by atoms with Gasteiger partial charge in [0, 0.05) is 26.2 Å². The number of halogens is 1. The molecule has 0 radical (unpaired) electrons. The van der Waals surface area contributed by atoms with Crippen LogP contribution in [0.4, 0.5) is 4.79 Å². The number of aliphatic imine (C=N–C) groups is 1. The van der Waals surface area contributed by atoms with Crippen LogP contribution < -0.4 is 5.73 Å². The van der Waals surface area contributed by atoms with Crippen LogP contribution in [0.25, 0.3) is 0 Å². The van der Waals surface area contributed by atoms with Gasteiger partial charge in [-0.25, -0.2) is 9.79 Å². The van der Waals surface area contributed by atoms with Gasteiger partial charge in [0.2, 0.25) is 0 Å². The lowest BCUT2D eigenvalue weighted by molar-refractivity contribution is 0.0186. The van der Waals surface area contributed by atoms with Gasteiger partial charge in [0.15, 0.2) is 5.96 Å². The first-order chi connectivity index (χ1) is 11.2. The molecule has 1 saturated heterocycles. The Labute approximate surface area is 165 Å². The second kappa shape index (κ2) is 9.12. The number of nitrogens with two attached hydrogens (primary N) is 1. The van der Waals surface area contributed by atoms with E-state index in [1.54, 1.807) is 23.1 Å². The normalized spacial score (nSPS) is 15.6. The van der Waals surface area contributed by atoms with Gasteiger partial charge in [-0.1, -0.05) is 12.1 Å². The summed E-state index contributed by atoms with van der Waals surface area (Å²) in [6, 6.07) is 6.94. The summed E-state index contributed by atoms with van der Waals surface area (Å²) in [4.78, 5) is 20.0. The van der Waals surface area contributed by atoms with E-state index in [1.165, 1.54) is 0 Å². The Morgan fingerprint density at radius 1 is 1.24 bits per heavy atom. The lowest BCUT2D eigenvalue weighted by Crippen LogP contribution is -2.53. The second-order valence-electron chi connectivity index (χ2n) is 6.80.